The zero-order valence-corrected chi connectivity index (χ0v) is 11.3. The van der Waals surface area contributed by atoms with Crippen molar-refractivity contribution >= 4 is 23.6 Å². The van der Waals surface area contributed by atoms with Gasteiger partial charge in [0.1, 0.15) is 0 Å². The number of aliphatic carboxylic acids is 1. The van der Waals surface area contributed by atoms with Crippen LogP contribution in [0.5, 0.6) is 11.5 Å². The van der Waals surface area contributed by atoms with E-state index in [1.807, 2.05) is 0 Å². The van der Waals surface area contributed by atoms with Gasteiger partial charge in [-0.1, -0.05) is 5.92 Å². The lowest BCUT2D eigenvalue weighted by Crippen LogP contribution is -2.39. The fourth-order valence-electron chi connectivity index (χ4n) is 1.98. The number of rotatable bonds is 4. The van der Waals surface area contributed by atoms with E-state index in [9.17, 15) is 9.59 Å². The third kappa shape index (κ3) is 2.98. The van der Waals surface area contributed by atoms with Crippen LogP contribution in [0.3, 0.4) is 0 Å². The Kier molecular flexibility index (Phi) is 4.14. The van der Waals surface area contributed by atoms with Gasteiger partial charge in [0.25, 0.3) is 5.91 Å². The largest absolute Gasteiger partial charge is 0.493 e. The van der Waals surface area contributed by atoms with Crippen molar-refractivity contribution in [3.8, 4) is 23.8 Å². The van der Waals surface area contributed by atoms with Gasteiger partial charge in [0.2, 0.25) is 0 Å². The van der Waals surface area contributed by atoms with Crippen LogP contribution in [0.15, 0.2) is 18.2 Å². The van der Waals surface area contributed by atoms with Crippen LogP contribution in [0.2, 0.25) is 0 Å². The van der Waals surface area contributed by atoms with E-state index in [4.69, 9.17) is 21.0 Å². The summed E-state index contributed by atoms with van der Waals surface area (Å²) in [5, 5.41) is 8.68. The van der Waals surface area contributed by atoms with Crippen molar-refractivity contribution in [1.29, 1.82) is 0 Å². The standard InChI is InChI=1S/C15H13NO5/c1-3-6-16-11-7-10(4-5-14(18)19)8-12(20-2)15(11)21-9-13(16)17/h1,4-5,7-8H,6,9H2,2H3,(H,18,19)/b5-4+. The number of nitrogens with zero attached hydrogens (tertiary/aromatic N) is 1. The topological polar surface area (TPSA) is 76.1 Å². The molecule has 108 valence electrons. The van der Waals surface area contributed by atoms with Gasteiger partial charge < -0.3 is 14.6 Å². The van der Waals surface area contributed by atoms with E-state index < -0.39 is 5.97 Å². The summed E-state index contributed by atoms with van der Waals surface area (Å²) in [4.78, 5) is 23.9. The molecule has 0 aliphatic carbocycles. The molecule has 0 bridgehead atoms. The Hall–Kier alpha value is -2.94. The minimum Gasteiger partial charge on any atom is -0.493 e. The number of carboxylic acids is 1. The van der Waals surface area contributed by atoms with Crippen molar-refractivity contribution in [3.63, 3.8) is 0 Å². The number of methoxy groups -OCH3 is 1. The minimum atomic E-state index is -1.07. The predicted octanol–water partition coefficient (Wildman–Crippen LogP) is 1.15. The van der Waals surface area contributed by atoms with Gasteiger partial charge in [-0.3, -0.25) is 9.69 Å². The maximum absolute atomic E-state index is 11.9. The Morgan fingerprint density at radius 2 is 2.38 bits per heavy atom. The molecule has 2 rings (SSSR count). The van der Waals surface area contributed by atoms with Crippen LogP contribution >= 0.6 is 0 Å². The molecule has 6 heteroatoms. The Bertz CT molecular complexity index is 657. The highest BCUT2D eigenvalue weighted by Crippen LogP contribution is 2.41. The van der Waals surface area contributed by atoms with Crippen LogP contribution in [0.4, 0.5) is 5.69 Å². The molecule has 21 heavy (non-hydrogen) atoms. The third-order valence-corrected chi connectivity index (χ3v) is 2.88. The summed E-state index contributed by atoms with van der Waals surface area (Å²) in [6, 6.07) is 3.26. The second kappa shape index (κ2) is 6.01. The summed E-state index contributed by atoms with van der Waals surface area (Å²) in [7, 11) is 1.46. The van der Waals surface area contributed by atoms with Gasteiger partial charge in [0, 0.05) is 6.08 Å². The molecule has 1 aliphatic rings. The molecule has 1 aliphatic heterocycles. The van der Waals surface area contributed by atoms with E-state index in [0.717, 1.165) is 6.08 Å². The first-order valence-electron chi connectivity index (χ1n) is 6.06. The number of amides is 1. The number of ether oxygens (including phenoxy) is 2. The maximum atomic E-state index is 11.9. The third-order valence-electron chi connectivity index (χ3n) is 2.88. The lowest BCUT2D eigenvalue weighted by molar-refractivity contribution is -0.131. The molecule has 0 radical (unpaired) electrons. The van der Waals surface area contributed by atoms with Crippen LogP contribution in [0, 0.1) is 12.3 Å². The molecule has 0 saturated heterocycles. The van der Waals surface area contributed by atoms with Crippen molar-refractivity contribution in [2.45, 2.75) is 0 Å². The molecule has 6 nitrogen and oxygen atoms in total. The second-order valence-corrected chi connectivity index (χ2v) is 4.22. The Morgan fingerprint density at radius 1 is 1.62 bits per heavy atom. The van der Waals surface area contributed by atoms with Crippen molar-refractivity contribution in [3.05, 3.63) is 23.8 Å². The first-order chi connectivity index (χ1) is 10.1. The fourth-order valence-corrected chi connectivity index (χ4v) is 1.98. The van der Waals surface area contributed by atoms with E-state index in [-0.39, 0.29) is 19.1 Å². The number of hydrogen-bond donors (Lipinski definition) is 1. The van der Waals surface area contributed by atoms with Crippen molar-refractivity contribution < 1.29 is 24.2 Å². The van der Waals surface area contributed by atoms with Gasteiger partial charge >= 0.3 is 5.97 Å². The average Bonchev–Trinajstić information content (AvgIpc) is 2.47. The normalized spacial score (nSPS) is 13.5. The minimum absolute atomic E-state index is 0.102. The lowest BCUT2D eigenvalue weighted by atomic mass is 10.1. The Morgan fingerprint density at radius 3 is 3.00 bits per heavy atom. The van der Waals surface area contributed by atoms with Crippen LogP contribution in [0.1, 0.15) is 5.56 Å². The molecule has 0 atom stereocenters. The maximum Gasteiger partial charge on any atom is 0.328 e. The zero-order valence-electron chi connectivity index (χ0n) is 11.3. The summed E-state index contributed by atoms with van der Waals surface area (Å²) >= 11 is 0. The summed E-state index contributed by atoms with van der Waals surface area (Å²) < 4.78 is 10.6. The van der Waals surface area contributed by atoms with Gasteiger partial charge in [0.05, 0.1) is 19.3 Å². The highest BCUT2D eigenvalue weighted by Gasteiger charge is 2.28. The molecular formula is C15H13NO5. The van der Waals surface area contributed by atoms with Crippen LogP contribution in [-0.2, 0) is 9.59 Å². The van der Waals surface area contributed by atoms with E-state index in [0.29, 0.717) is 22.7 Å². The SMILES string of the molecule is C#CCN1C(=O)COc2c(OC)cc(/C=C/C(=O)O)cc21. The molecule has 1 heterocycles. The first kappa shape index (κ1) is 14.5. The van der Waals surface area contributed by atoms with Crippen molar-refractivity contribution in [2.24, 2.45) is 0 Å². The van der Waals surface area contributed by atoms with Gasteiger partial charge in [-0.05, 0) is 23.8 Å². The molecule has 0 unspecified atom stereocenters. The number of carbonyl (C=O) groups excluding carboxylic acids is 1. The molecule has 0 aromatic heterocycles. The molecule has 0 saturated carbocycles. The summed E-state index contributed by atoms with van der Waals surface area (Å²) in [6.07, 6.45) is 7.68. The van der Waals surface area contributed by atoms with E-state index in [1.54, 1.807) is 12.1 Å². The van der Waals surface area contributed by atoms with Crippen molar-refractivity contribution in [2.75, 3.05) is 25.2 Å². The number of benzene rings is 1. The number of terminal acetylenes is 1. The quantitative estimate of drug-likeness (QED) is 0.664. The number of hydrogen-bond acceptors (Lipinski definition) is 4. The monoisotopic (exact) mass is 287 g/mol. The number of fused-ring (bicyclic) bond motifs is 1. The lowest BCUT2D eigenvalue weighted by Gasteiger charge is -2.29. The van der Waals surface area contributed by atoms with Gasteiger partial charge in [-0.15, -0.1) is 6.42 Å². The fraction of sp³-hybridized carbons (Fsp3) is 0.200. The first-order valence-corrected chi connectivity index (χ1v) is 6.06. The second-order valence-electron chi connectivity index (χ2n) is 4.22. The van der Waals surface area contributed by atoms with Crippen LogP contribution < -0.4 is 14.4 Å². The van der Waals surface area contributed by atoms with Crippen LogP contribution in [-0.4, -0.2) is 37.2 Å². The highest BCUT2D eigenvalue weighted by molar-refractivity contribution is 5.99. The number of carboxylic acid groups (broad SMARTS) is 1. The molecule has 1 aromatic rings. The number of carbonyl (C=O) groups is 2. The summed E-state index contributed by atoms with van der Waals surface area (Å²) in [6.45, 7) is -0.0141. The Balaban J connectivity index is 2.53. The van der Waals surface area contributed by atoms with Crippen LogP contribution in [0.25, 0.3) is 6.08 Å². The molecule has 0 spiro atoms. The smallest absolute Gasteiger partial charge is 0.328 e. The molecule has 0 fully saturated rings. The number of anilines is 1. The molecule has 1 amide bonds. The zero-order chi connectivity index (χ0) is 15.4. The molecule has 1 aromatic carbocycles. The average molecular weight is 287 g/mol. The van der Waals surface area contributed by atoms with Gasteiger partial charge in [-0.2, -0.15) is 0 Å². The van der Waals surface area contributed by atoms with Crippen molar-refractivity contribution in [1.82, 2.24) is 0 Å². The van der Waals surface area contributed by atoms with E-state index in [2.05, 4.69) is 5.92 Å². The Labute approximate surface area is 121 Å². The predicted molar refractivity (Wildman–Crippen MR) is 76.3 cm³/mol. The molecule has 1 N–H and O–H groups in total. The highest BCUT2D eigenvalue weighted by atomic mass is 16.5. The van der Waals surface area contributed by atoms with Gasteiger partial charge in [0.15, 0.2) is 18.1 Å². The van der Waals surface area contributed by atoms with Gasteiger partial charge in [-0.25, -0.2) is 4.79 Å². The molecular weight excluding hydrogens is 274 g/mol. The summed E-state index contributed by atoms with van der Waals surface area (Å²) in [5.41, 5.74) is 1.03. The van der Waals surface area contributed by atoms with E-state index in [1.165, 1.54) is 18.1 Å². The summed E-state index contributed by atoms with van der Waals surface area (Å²) in [5.74, 6) is 1.91. The van der Waals surface area contributed by atoms with E-state index >= 15 is 0 Å².